The van der Waals surface area contributed by atoms with Gasteiger partial charge in [-0.1, -0.05) is 12.1 Å². The van der Waals surface area contributed by atoms with Crippen molar-refractivity contribution in [2.75, 3.05) is 19.6 Å². The molecular weight excluding hydrogens is 248 g/mol. The SMILES string of the molecule is O=C(O)CC1CN(CCc2ccc([N+](=O)[O-])cc2)C1. The van der Waals surface area contributed by atoms with E-state index < -0.39 is 10.9 Å². The largest absolute Gasteiger partial charge is 0.481 e. The van der Waals surface area contributed by atoms with Gasteiger partial charge in [0.1, 0.15) is 0 Å². The smallest absolute Gasteiger partial charge is 0.303 e. The van der Waals surface area contributed by atoms with Crippen LogP contribution in [0.2, 0.25) is 0 Å². The van der Waals surface area contributed by atoms with Crippen LogP contribution in [0.5, 0.6) is 0 Å². The van der Waals surface area contributed by atoms with Crippen molar-refractivity contribution < 1.29 is 14.8 Å². The second kappa shape index (κ2) is 5.79. The molecule has 1 heterocycles. The number of aliphatic carboxylic acids is 1. The number of hydrogen-bond donors (Lipinski definition) is 1. The Morgan fingerprint density at radius 3 is 2.53 bits per heavy atom. The first-order valence-corrected chi connectivity index (χ1v) is 6.22. The molecule has 1 aromatic carbocycles. The molecule has 0 unspecified atom stereocenters. The minimum absolute atomic E-state index is 0.106. The molecule has 1 aliphatic heterocycles. The summed E-state index contributed by atoms with van der Waals surface area (Å²) < 4.78 is 0. The summed E-state index contributed by atoms with van der Waals surface area (Å²) in [4.78, 5) is 22.8. The fraction of sp³-hybridized carbons (Fsp3) is 0.462. The number of benzene rings is 1. The minimum atomic E-state index is -0.736. The summed E-state index contributed by atoms with van der Waals surface area (Å²) in [6, 6.07) is 6.57. The number of carboxylic acid groups (broad SMARTS) is 1. The summed E-state index contributed by atoms with van der Waals surface area (Å²) in [6.45, 7) is 2.53. The molecule has 1 aliphatic rings. The van der Waals surface area contributed by atoms with Crippen molar-refractivity contribution in [3.05, 3.63) is 39.9 Å². The quantitative estimate of drug-likeness (QED) is 0.622. The first-order valence-electron chi connectivity index (χ1n) is 6.22. The third-order valence-corrected chi connectivity index (χ3v) is 3.36. The van der Waals surface area contributed by atoms with E-state index in [-0.39, 0.29) is 18.0 Å². The molecule has 19 heavy (non-hydrogen) atoms. The number of carbonyl (C=O) groups is 1. The van der Waals surface area contributed by atoms with E-state index >= 15 is 0 Å². The van der Waals surface area contributed by atoms with Gasteiger partial charge in [0.2, 0.25) is 0 Å². The predicted molar refractivity (Wildman–Crippen MR) is 69.0 cm³/mol. The van der Waals surface area contributed by atoms with E-state index in [1.807, 2.05) is 0 Å². The van der Waals surface area contributed by atoms with Crippen molar-refractivity contribution in [3.8, 4) is 0 Å². The van der Waals surface area contributed by atoms with Gasteiger partial charge in [-0.25, -0.2) is 0 Å². The molecule has 0 aromatic heterocycles. The van der Waals surface area contributed by atoms with Crippen LogP contribution in [0.25, 0.3) is 0 Å². The molecule has 0 spiro atoms. The second-order valence-corrected chi connectivity index (χ2v) is 4.90. The molecule has 0 radical (unpaired) electrons. The zero-order valence-corrected chi connectivity index (χ0v) is 10.5. The van der Waals surface area contributed by atoms with Gasteiger partial charge in [-0.05, 0) is 17.9 Å². The fourth-order valence-corrected chi connectivity index (χ4v) is 2.31. The maximum absolute atomic E-state index is 10.5. The molecular formula is C13H16N2O4. The molecule has 1 fully saturated rings. The van der Waals surface area contributed by atoms with Gasteiger partial charge in [0, 0.05) is 31.8 Å². The predicted octanol–water partition coefficient (Wildman–Crippen LogP) is 1.54. The Morgan fingerprint density at radius 2 is 2.00 bits per heavy atom. The fourth-order valence-electron chi connectivity index (χ4n) is 2.31. The van der Waals surface area contributed by atoms with Gasteiger partial charge in [0.15, 0.2) is 0 Å². The van der Waals surface area contributed by atoms with Crippen LogP contribution in [0.15, 0.2) is 24.3 Å². The average molecular weight is 264 g/mol. The number of nitro benzene ring substituents is 1. The van der Waals surface area contributed by atoms with E-state index in [1.165, 1.54) is 12.1 Å². The molecule has 0 saturated carbocycles. The van der Waals surface area contributed by atoms with E-state index in [0.29, 0.717) is 0 Å². The third kappa shape index (κ3) is 3.75. The molecule has 102 valence electrons. The lowest BCUT2D eigenvalue weighted by atomic mass is 9.96. The Morgan fingerprint density at radius 1 is 1.37 bits per heavy atom. The lowest BCUT2D eigenvalue weighted by Gasteiger charge is -2.38. The van der Waals surface area contributed by atoms with Crippen LogP contribution >= 0.6 is 0 Å². The standard InChI is InChI=1S/C13H16N2O4/c16-13(17)7-11-8-14(9-11)6-5-10-1-3-12(4-2-10)15(18)19/h1-4,11H,5-9H2,(H,16,17). The van der Waals surface area contributed by atoms with Crippen molar-refractivity contribution in [1.82, 2.24) is 4.90 Å². The number of likely N-dealkylation sites (tertiary alicyclic amines) is 1. The summed E-state index contributed by atoms with van der Waals surface area (Å²) in [5.74, 6) is -0.464. The summed E-state index contributed by atoms with van der Waals surface area (Å²) in [7, 11) is 0. The van der Waals surface area contributed by atoms with Crippen molar-refractivity contribution in [3.63, 3.8) is 0 Å². The molecule has 0 atom stereocenters. The topological polar surface area (TPSA) is 83.7 Å². The maximum Gasteiger partial charge on any atom is 0.303 e. The third-order valence-electron chi connectivity index (χ3n) is 3.36. The monoisotopic (exact) mass is 264 g/mol. The average Bonchev–Trinajstić information content (AvgIpc) is 2.32. The molecule has 1 N–H and O–H groups in total. The van der Waals surface area contributed by atoms with Gasteiger partial charge in [0.25, 0.3) is 5.69 Å². The molecule has 1 saturated heterocycles. The van der Waals surface area contributed by atoms with Crippen molar-refractivity contribution in [2.45, 2.75) is 12.8 Å². The van der Waals surface area contributed by atoms with Gasteiger partial charge < -0.3 is 10.0 Å². The number of carboxylic acids is 1. The van der Waals surface area contributed by atoms with Gasteiger partial charge in [0.05, 0.1) is 11.3 Å². The van der Waals surface area contributed by atoms with Crippen LogP contribution < -0.4 is 0 Å². The lowest BCUT2D eigenvalue weighted by molar-refractivity contribution is -0.384. The van der Waals surface area contributed by atoms with Crippen LogP contribution in [-0.2, 0) is 11.2 Å². The first kappa shape index (κ1) is 13.5. The van der Waals surface area contributed by atoms with Crippen LogP contribution in [0.1, 0.15) is 12.0 Å². The van der Waals surface area contributed by atoms with Gasteiger partial charge in [-0.15, -0.1) is 0 Å². The zero-order valence-electron chi connectivity index (χ0n) is 10.5. The number of hydrogen-bond acceptors (Lipinski definition) is 4. The summed E-state index contributed by atoms with van der Waals surface area (Å²) in [5.41, 5.74) is 1.17. The summed E-state index contributed by atoms with van der Waals surface area (Å²) >= 11 is 0. The zero-order chi connectivity index (χ0) is 13.8. The van der Waals surface area contributed by atoms with E-state index in [0.717, 1.165) is 31.6 Å². The van der Waals surface area contributed by atoms with E-state index in [1.54, 1.807) is 12.1 Å². The molecule has 0 bridgehead atoms. The maximum atomic E-state index is 10.5. The van der Waals surface area contributed by atoms with Gasteiger partial charge in [-0.3, -0.25) is 14.9 Å². The Kier molecular flexibility index (Phi) is 4.11. The highest BCUT2D eigenvalue weighted by Crippen LogP contribution is 2.19. The Bertz CT molecular complexity index is 466. The van der Waals surface area contributed by atoms with E-state index in [4.69, 9.17) is 5.11 Å². The van der Waals surface area contributed by atoms with Gasteiger partial charge >= 0.3 is 5.97 Å². The summed E-state index contributed by atoms with van der Waals surface area (Å²) in [5, 5.41) is 19.1. The molecule has 1 aromatic rings. The lowest BCUT2D eigenvalue weighted by Crippen LogP contribution is -2.48. The normalized spacial score (nSPS) is 16.0. The van der Waals surface area contributed by atoms with Crippen LogP contribution in [0.4, 0.5) is 5.69 Å². The minimum Gasteiger partial charge on any atom is -0.481 e. The van der Waals surface area contributed by atoms with Crippen LogP contribution in [-0.4, -0.2) is 40.5 Å². The molecule has 6 heteroatoms. The highest BCUT2D eigenvalue weighted by Gasteiger charge is 2.27. The number of non-ortho nitro benzene ring substituents is 1. The highest BCUT2D eigenvalue weighted by atomic mass is 16.6. The molecule has 0 aliphatic carbocycles. The van der Waals surface area contributed by atoms with Crippen LogP contribution in [0.3, 0.4) is 0 Å². The Balaban J connectivity index is 1.72. The first-order chi connectivity index (χ1) is 9.04. The molecule has 0 amide bonds. The van der Waals surface area contributed by atoms with Crippen LogP contribution in [0, 0.1) is 16.0 Å². The second-order valence-electron chi connectivity index (χ2n) is 4.90. The van der Waals surface area contributed by atoms with E-state index in [2.05, 4.69) is 4.90 Å². The van der Waals surface area contributed by atoms with Gasteiger partial charge in [-0.2, -0.15) is 0 Å². The Hall–Kier alpha value is -1.95. The number of nitro groups is 1. The Labute approximate surface area is 110 Å². The van der Waals surface area contributed by atoms with Crippen molar-refractivity contribution in [2.24, 2.45) is 5.92 Å². The number of rotatable bonds is 6. The molecule has 6 nitrogen and oxygen atoms in total. The number of nitrogens with zero attached hydrogens (tertiary/aromatic N) is 2. The summed E-state index contributed by atoms with van der Waals surface area (Å²) in [6.07, 6.45) is 1.08. The highest BCUT2D eigenvalue weighted by molar-refractivity contribution is 5.67. The van der Waals surface area contributed by atoms with Crippen molar-refractivity contribution >= 4 is 11.7 Å². The van der Waals surface area contributed by atoms with E-state index in [9.17, 15) is 14.9 Å². The molecule has 2 rings (SSSR count). The van der Waals surface area contributed by atoms with Crippen molar-refractivity contribution in [1.29, 1.82) is 0 Å².